The van der Waals surface area contributed by atoms with Crippen LogP contribution in [0.4, 0.5) is 0 Å². The molecule has 5 rings (SSSR count). The summed E-state index contributed by atoms with van der Waals surface area (Å²) in [5.74, 6) is -0.411. The summed E-state index contributed by atoms with van der Waals surface area (Å²) in [6.07, 6.45) is -15.7. The summed E-state index contributed by atoms with van der Waals surface area (Å²) in [6, 6.07) is 6.77. The van der Waals surface area contributed by atoms with Crippen molar-refractivity contribution in [2.75, 3.05) is 20.3 Å². The third-order valence-electron chi connectivity index (χ3n) is 7.64. The van der Waals surface area contributed by atoms with Crippen molar-refractivity contribution in [3.63, 3.8) is 0 Å². The molecule has 16 heteroatoms. The van der Waals surface area contributed by atoms with E-state index in [-0.39, 0.29) is 40.1 Å². The number of aromatic hydroxyl groups is 3. The first kappa shape index (κ1) is 32.0. The number of fused-ring (bicyclic) bond motifs is 1. The van der Waals surface area contributed by atoms with Crippen LogP contribution in [-0.2, 0) is 14.2 Å². The predicted molar refractivity (Wildman–Crippen MR) is 144 cm³/mol. The SMILES string of the molecule is COc1cc(C2[OH+]c3cc(O)cc(O[C@@H]4O[C@@H](CO)[C@@H](O)[C@H](O)[C@H]4O)c3C=C2O[C@@H]2O[C@H](CO)[C@@H](O)[C@H](O)[C@H]2O)ccc1O. The van der Waals surface area contributed by atoms with Gasteiger partial charge < -0.3 is 79.5 Å². The molecule has 0 bridgehead atoms. The maximum absolute atomic E-state index is 10.6. The summed E-state index contributed by atoms with van der Waals surface area (Å²) in [5, 5.41) is 102. The van der Waals surface area contributed by atoms with Gasteiger partial charge in [-0.3, -0.25) is 0 Å². The van der Waals surface area contributed by atoms with E-state index in [0.717, 1.165) is 6.07 Å². The highest BCUT2D eigenvalue weighted by Gasteiger charge is 2.48. The van der Waals surface area contributed by atoms with Crippen LogP contribution in [0, 0.1) is 0 Å². The number of methoxy groups -OCH3 is 1. The molecule has 3 aliphatic heterocycles. The van der Waals surface area contributed by atoms with Gasteiger partial charge in [-0.25, -0.2) is 0 Å². The van der Waals surface area contributed by atoms with Crippen molar-refractivity contribution in [1.82, 2.24) is 0 Å². The Balaban J connectivity index is 1.55. The Morgan fingerprint density at radius 3 is 1.89 bits per heavy atom. The zero-order valence-corrected chi connectivity index (χ0v) is 23.2. The topological polar surface area (TPSA) is 261 Å². The van der Waals surface area contributed by atoms with Crippen molar-refractivity contribution >= 4 is 6.08 Å². The van der Waals surface area contributed by atoms with Crippen LogP contribution >= 0.6 is 0 Å². The molecule has 0 saturated carbocycles. The second-order valence-corrected chi connectivity index (χ2v) is 10.5. The van der Waals surface area contributed by atoms with Gasteiger partial charge in [0.25, 0.3) is 11.9 Å². The van der Waals surface area contributed by atoms with E-state index >= 15 is 0 Å². The summed E-state index contributed by atoms with van der Waals surface area (Å²) in [7, 11) is 1.34. The Morgan fingerprint density at radius 2 is 1.32 bits per heavy atom. The van der Waals surface area contributed by atoms with E-state index in [1.165, 1.54) is 37.5 Å². The number of benzene rings is 2. The molecular weight excluding hydrogens is 592 g/mol. The average molecular weight is 628 g/mol. The molecule has 0 amide bonds. The third kappa shape index (κ3) is 5.96. The van der Waals surface area contributed by atoms with Crippen LogP contribution in [0.3, 0.4) is 0 Å². The average Bonchev–Trinajstić information content (AvgIpc) is 3.01. The van der Waals surface area contributed by atoms with Crippen LogP contribution in [0.15, 0.2) is 36.1 Å². The lowest BCUT2D eigenvalue weighted by Crippen LogP contribution is -2.60. The van der Waals surface area contributed by atoms with Crippen molar-refractivity contribution in [2.24, 2.45) is 0 Å². The largest absolute Gasteiger partial charge is 0.571 e. The fourth-order valence-corrected chi connectivity index (χ4v) is 5.16. The van der Waals surface area contributed by atoms with Crippen molar-refractivity contribution in [3.8, 4) is 28.7 Å². The minimum absolute atomic E-state index is 0.0288. The Kier molecular flexibility index (Phi) is 9.38. The number of hydrogen-bond acceptors (Lipinski definition) is 15. The van der Waals surface area contributed by atoms with Crippen LogP contribution in [0.2, 0.25) is 0 Å². The molecular formula is C28H35O16+. The van der Waals surface area contributed by atoms with Crippen LogP contribution in [-0.4, -0.2) is 138 Å². The number of rotatable bonds is 8. The van der Waals surface area contributed by atoms with Gasteiger partial charge in [-0.15, -0.1) is 0 Å². The molecule has 16 nitrogen and oxygen atoms in total. The zero-order valence-electron chi connectivity index (χ0n) is 23.2. The van der Waals surface area contributed by atoms with E-state index in [1.807, 2.05) is 0 Å². The molecule has 3 heterocycles. The fraction of sp³-hybridized carbons (Fsp3) is 0.500. The Hall–Kier alpha value is -3.42. The van der Waals surface area contributed by atoms with E-state index < -0.39 is 80.7 Å². The molecule has 0 aliphatic carbocycles. The molecule has 242 valence electrons. The summed E-state index contributed by atoms with van der Waals surface area (Å²) in [4.78, 5) is 0. The first-order chi connectivity index (χ1) is 21.0. The highest BCUT2D eigenvalue weighted by molar-refractivity contribution is 5.70. The molecule has 2 aromatic carbocycles. The van der Waals surface area contributed by atoms with Gasteiger partial charge in [0.15, 0.2) is 17.3 Å². The van der Waals surface area contributed by atoms with Gasteiger partial charge >= 0.3 is 0 Å². The maximum Gasteiger partial charge on any atom is 0.270 e. The zero-order chi connectivity index (χ0) is 31.9. The van der Waals surface area contributed by atoms with Gasteiger partial charge in [0.05, 0.1) is 32.0 Å². The molecule has 11 atom stereocenters. The van der Waals surface area contributed by atoms with Gasteiger partial charge in [0, 0.05) is 12.1 Å². The number of aliphatic hydroxyl groups is 9. The Labute approximate surface area is 249 Å². The van der Waals surface area contributed by atoms with Crippen molar-refractivity contribution in [2.45, 2.75) is 67.5 Å². The summed E-state index contributed by atoms with van der Waals surface area (Å²) < 4.78 is 32.6. The lowest BCUT2D eigenvalue weighted by molar-refractivity contribution is -0.295. The highest BCUT2D eigenvalue weighted by Crippen LogP contribution is 2.47. The third-order valence-corrected chi connectivity index (χ3v) is 7.64. The number of phenolic OH excluding ortho intramolecular Hbond substituents is 2. The fourth-order valence-electron chi connectivity index (χ4n) is 5.16. The molecule has 11 N–H and O–H groups in total. The number of hydrogen-bond donors (Lipinski definition) is 10. The second kappa shape index (κ2) is 12.9. The first-order valence-electron chi connectivity index (χ1n) is 13.6. The normalized spacial score (nSPS) is 35.2. The smallest absolute Gasteiger partial charge is 0.270 e. The van der Waals surface area contributed by atoms with E-state index in [9.17, 15) is 51.1 Å². The Morgan fingerprint density at radius 1 is 0.727 bits per heavy atom. The van der Waals surface area contributed by atoms with Gasteiger partial charge in [-0.2, -0.15) is 0 Å². The second-order valence-electron chi connectivity index (χ2n) is 10.5. The molecule has 2 aromatic rings. The van der Waals surface area contributed by atoms with Crippen molar-refractivity contribution in [3.05, 3.63) is 47.2 Å². The van der Waals surface area contributed by atoms with E-state index in [0.29, 0.717) is 5.56 Å². The number of ether oxygens (including phenoxy) is 6. The van der Waals surface area contributed by atoms with Crippen molar-refractivity contribution in [1.29, 1.82) is 0 Å². The summed E-state index contributed by atoms with van der Waals surface area (Å²) in [5.41, 5.74) is 0.558. The number of aliphatic hydroxyl groups excluding tert-OH is 8. The van der Waals surface area contributed by atoms with Gasteiger partial charge in [0.1, 0.15) is 65.9 Å². The minimum atomic E-state index is -1.77. The first-order valence-corrected chi connectivity index (χ1v) is 13.6. The van der Waals surface area contributed by atoms with Gasteiger partial charge in [-0.05, 0) is 18.2 Å². The standard InChI is InChI=1S/C28H34O16/c1-39-16-4-10(2-3-13(16)32)26-17(42-28-25(38)23(36)21(34)19(9-30)44-28)7-12-14(40-26)5-11(31)6-15(12)41-27-24(37)22(35)20(33)18(8-29)43-27/h2-7,18-38H,8-9H2,1H3/p+1/t18-,19+,20+,21+,22-,23-,24+,25+,26?,27+,28+/m0/s1. The van der Waals surface area contributed by atoms with Gasteiger partial charge in [0.2, 0.25) is 12.6 Å². The van der Waals surface area contributed by atoms with E-state index in [2.05, 4.69) is 4.74 Å². The molecule has 2 fully saturated rings. The molecule has 0 spiro atoms. The minimum Gasteiger partial charge on any atom is -0.571 e. The van der Waals surface area contributed by atoms with Crippen LogP contribution < -0.4 is 9.47 Å². The maximum atomic E-state index is 10.6. The molecule has 2 saturated heterocycles. The number of phenols is 2. The van der Waals surface area contributed by atoms with E-state index in [4.69, 9.17) is 23.7 Å². The highest BCUT2D eigenvalue weighted by atomic mass is 16.7. The molecule has 1 unspecified atom stereocenters. The lowest BCUT2D eigenvalue weighted by atomic mass is 9.98. The summed E-state index contributed by atoms with van der Waals surface area (Å²) >= 11 is 0. The lowest BCUT2D eigenvalue weighted by Gasteiger charge is -2.40. The Bertz CT molecular complexity index is 1350. The quantitative estimate of drug-likeness (QED) is 0.135. The monoisotopic (exact) mass is 627 g/mol. The van der Waals surface area contributed by atoms with Gasteiger partial charge in [-0.1, -0.05) is 0 Å². The predicted octanol–water partition coefficient (Wildman–Crippen LogP) is -2.56. The van der Waals surface area contributed by atoms with Crippen molar-refractivity contribution < 1.29 is 79.5 Å². The molecule has 3 aliphatic rings. The van der Waals surface area contributed by atoms with Crippen LogP contribution in [0.5, 0.6) is 28.7 Å². The van der Waals surface area contributed by atoms with Crippen LogP contribution in [0.25, 0.3) is 6.08 Å². The van der Waals surface area contributed by atoms with Crippen LogP contribution in [0.1, 0.15) is 17.2 Å². The van der Waals surface area contributed by atoms with E-state index in [1.54, 1.807) is 0 Å². The molecule has 0 aromatic heterocycles. The molecule has 44 heavy (non-hydrogen) atoms. The molecule has 0 radical (unpaired) electrons. The summed E-state index contributed by atoms with van der Waals surface area (Å²) in [6.45, 7) is -1.40.